The van der Waals surface area contributed by atoms with Gasteiger partial charge in [0.1, 0.15) is 0 Å². The molecule has 10 heteroatoms. The van der Waals surface area contributed by atoms with Gasteiger partial charge in [-0.1, -0.05) is 51.4 Å². The van der Waals surface area contributed by atoms with Crippen molar-refractivity contribution >= 4 is 5.04 Å². The molecule has 5 saturated heterocycles. The van der Waals surface area contributed by atoms with Crippen LogP contribution in [0.3, 0.4) is 0 Å². The van der Waals surface area contributed by atoms with Crippen molar-refractivity contribution < 1.29 is 15.6 Å². The van der Waals surface area contributed by atoms with Crippen molar-refractivity contribution in [1.82, 2.24) is 47.4 Å². The van der Waals surface area contributed by atoms with Gasteiger partial charge in [-0.2, -0.15) is 0 Å². The molecule has 9 aliphatic rings. The summed E-state index contributed by atoms with van der Waals surface area (Å²) in [6.45, 7) is 6.22. The van der Waals surface area contributed by atoms with Gasteiger partial charge in [0.25, 0.3) is 0 Å². The molecule has 0 aromatic carbocycles. The number of nitrogens with zero attached hydrogens (tertiary/aromatic N) is 1. The number of rotatable bonds is 3. The van der Waals surface area contributed by atoms with Crippen LogP contribution in [0.2, 0.25) is 0 Å². The van der Waals surface area contributed by atoms with Gasteiger partial charge in [0, 0.05) is 0 Å². The fourth-order valence-corrected chi connectivity index (χ4v) is 12.7. The zero-order valence-corrected chi connectivity index (χ0v) is 30.2. The van der Waals surface area contributed by atoms with Gasteiger partial charge in [0.15, 0.2) is 0 Å². The molecule has 5 heterocycles. The molecule has 8 N–H and O–H groups in total. The molecule has 9 rings (SSSR count). The summed E-state index contributed by atoms with van der Waals surface area (Å²) in [5.74, 6) is 5.97. The normalized spacial score (nSPS) is 50.5. The molecule has 271 valence electrons. The Morgan fingerprint density at radius 1 is 0.383 bits per heavy atom. The molecule has 9 nitrogen and oxygen atoms in total. The maximum absolute atomic E-state index is 4.80. The minimum absolute atomic E-state index is 0.420. The first-order chi connectivity index (χ1) is 23.1. The molecular formula is C37H67CuN9. The Morgan fingerprint density at radius 3 is 0.660 bits per heavy atom. The Balaban J connectivity index is 0.000000420. The molecule has 8 unspecified atom stereocenters. The first-order valence-electron chi connectivity index (χ1n) is 20.4. The SMILES string of the molecule is C1CCC2C3NC(NC4NC(NC5NC(NC6NC(N3)C3CCCCC63)C3CCCCC53)C3CCCCC43)C2C1.CCN([CH]=[Cu])CC. The Morgan fingerprint density at radius 2 is 0.553 bits per heavy atom. The van der Waals surface area contributed by atoms with Crippen LogP contribution < -0.4 is 42.5 Å². The summed E-state index contributed by atoms with van der Waals surface area (Å²) in [6, 6.07) is 0. The van der Waals surface area contributed by atoms with E-state index in [9.17, 15) is 0 Å². The molecule has 9 fully saturated rings. The second kappa shape index (κ2) is 15.3. The summed E-state index contributed by atoms with van der Waals surface area (Å²) in [5, 5.41) is 35.5. The molecule has 4 saturated carbocycles. The molecule has 4 aliphatic carbocycles. The average molecular weight is 702 g/mol. The van der Waals surface area contributed by atoms with Gasteiger partial charge in [-0.3, -0.25) is 42.5 Å². The zero-order valence-electron chi connectivity index (χ0n) is 29.3. The van der Waals surface area contributed by atoms with Crippen LogP contribution in [0.25, 0.3) is 0 Å². The van der Waals surface area contributed by atoms with Crippen LogP contribution in [0.4, 0.5) is 0 Å². The first kappa shape index (κ1) is 34.1. The molecule has 47 heavy (non-hydrogen) atoms. The third-order valence-electron chi connectivity index (χ3n) is 14.7. The molecule has 0 amide bonds. The van der Waals surface area contributed by atoms with Gasteiger partial charge in [0.2, 0.25) is 0 Å². The van der Waals surface area contributed by atoms with Gasteiger partial charge in [-0.05, 0) is 98.7 Å². The van der Waals surface area contributed by atoms with E-state index < -0.39 is 0 Å². The summed E-state index contributed by atoms with van der Waals surface area (Å²) in [6.07, 6.45) is 25.6. The number of fused-ring (bicyclic) bond motifs is 20. The number of hydrogen-bond donors (Lipinski definition) is 8. The fraction of sp³-hybridized carbons (Fsp3) is 0.973. The summed E-state index contributed by atoms with van der Waals surface area (Å²) in [7, 11) is 0. The Hall–Kier alpha value is 0.0295. The van der Waals surface area contributed by atoms with E-state index >= 15 is 0 Å². The number of nitrogens with one attached hydrogen (secondary N) is 8. The molecule has 8 bridgehead atoms. The van der Waals surface area contributed by atoms with E-state index in [0.29, 0.717) is 49.3 Å². The topological polar surface area (TPSA) is 99.5 Å². The molecule has 0 aromatic rings. The predicted molar refractivity (Wildman–Crippen MR) is 186 cm³/mol. The van der Waals surface area contributed by atoms with Gasteiger partial charge >= 0.3 is 52.5 Å². The van der Waals surface area contributed by atoms with Gasteiger partial charge in [0.05, 0.1) is 49.3 Å². The van der Waals surface area contributed by atoms with Crippen LogP contribution in [0.1, 0.15) is 117 Å². The van der Waals surface area contributed by atoms with Crippen LogP contribution in [0, 0.1) is 47.3 Å². The van der Waals surface area contributed by atoms with Crippen molar-refractivity contribution in [3.63, 3.8) is 0 Å². The van der Waals surface area contributed by atoms with Crippen LogP contribution in [0.15, 0.2) is 0 Å². The van der Waals surface area contributed by atoms with E-state index in [1.165, 1.54) is 103 Å². The molecule has 0 radical (unpaired) electrons. The van der Waals surface area contributed by atoms with Crippen LogP contribution in [-0.2, 0) is 15.6 Å². The Kier molecular flexibility index (Phi) is 11.1. The van der Waals surface area contributed by atoms with E-state index in [0.717, 1.165) is 60.4 Å². The summed E-state index contributed by atoms with van der Waals surface area (Å²) >= 11 is 4.80. The van der Waals surface area contributed by atoms with Crippen molar-refractivity contribution in [2.45, 2.75) is 166 Å². The summed E-state index contributed by atoms with van der Waals surface area (Å²) in [4.78, 5) is 2.06. The Labute approximate surface area is 293 Å². The van der Waals surface area contributed by atoms with Gasteiger partial charge in [-0.15, -0.1) is 0 Å². The van der Waals surface area contributed by atoms with Crippen LogP contribution in [-0.4, -0.2) is 72.4 Å². The molecule has 5 aliphatic heterocycles. The monoisotopic (exact) mass is 700 g/mol. The molecule has 0 spiro atoms. The molecule has 0 aromatic heterocycles. The average Bonchev–Trinajstić information content (AvgIpc) is 3.85. The van der Waals surface area contributed by atoms with E-state index in [1.807, 2.05) is 0 Å². The van der Waals surface area contributed by atoms with Crippen molar-refractivity contribution in [2.24, 2.45) is 47.3 Å². The zero-order chi connectivity index (χ0) is 31.9. The second-order valence-electron chi connectivity index (χ2n) is 16.9. The second-order valence-corrected chi connectivity index (χ2v) is 17.1. The summed E-state index contributed by atoms with van der Waals surface area (Å²) in [5.41, 5.74) is 0. The van der Waals surface area contributed by atoms with Gasteiger partial charge < -0.3 is 0 Å². The maximum atomic E-state index is 4.80. The molecule has 8 atom stereocenters. The van der Waals surface area contributed by atoms with Gasteiger partial charge in [-0.25, -0.2) is 0 Å². The van der Waals surface area contributed by atoms with Crippen molar-refractivity contribution in [2.75, 3.05) is 13.1 Å². The quantitative estimate of drug-likeness (QED) is 0.211. The number of hydrogen-bond acceptors (Lipinski definition) is 9. The van der Waals surface area contributed by atoms with E-state index in [-0.39, 0.29) is 0 Å². The fourth-order valence-electron chi connectivity index (χ4n) is 12.3. The van der Waals surface area contributed by atoms with Crippen LogP contribution in [0.5, 0.6) is 0 Å². The standard InChI is InChI=1S/C32H56N8.C5H11N.Cu/c1-2-10-18-17(9-1)25-33-26(18)38-28-21-13-5-6-14-22(21)30(35-28)40-32-24-16-8-7-15-23(24)31(36-32)39-29-20-12-4-3-11-19(20)27(34-29)37-25;1-4-6(3)5-2;/h17-40H,1-16H2;3H,4-5H2,1-2H3;. The summed E-state index contributed by atoms with van der Waals surface area (Å²) < 4.78 is 0. The third-order valence-corrected chi connectivity index (χ3v) is 15.1. The minimum atomic E-state index is 0.420. The third kappa shape index (κ3) is 6.86. The van der Waals surface area contributed by atoms with Crippen molar-refractivity contribution in [1.29, 1.82) is 0 Å². The Bertz CT molecular complexity index is 837. The van der Waals surface area contributed by atoms with Crippen molar-refractivity contribution in [3.8, 4) is 0 Å². The van der Waals surface area contributed by atoms with Crippen molar-refractivity contribution in [3.05, 3.63) is 0 Å². The van der Waals surface area contributed by atoms with E-state index in [2.05, 4.69) is 61.3 Å². The first-order valence-corrected chi connectivity index (χ1v) is 20.9. The van der Waals surface area contributed by atoms with Crippen LogP contribution >= 0.6 is 0 Å². The molecular weight excluding hydrogens is 634 g/mol. The van der Waals surface area contributed by atoms with E-state index in [4.69, 9.17) is 15.6 Å². The van der Waals surface area contributed by atoms with E-state index in [1.54, 1.807) is 5.04 Å². The predicted octanol–water partition coefficient (Wildman–Crippen LogP) is 3.24.